The van der Waals surface area contributed by atoms with Crippen LogP contribution in [0.2, 0.25) is 0 Å². The van der Waals surface area contributed by atoms with Crippen LogP contribution in [0.25, 0.3) is 6.08 Å². The largest absolute Gasteiger partial charge is 0.573 e. The van der Waals surface area contributed by atoms with Crippen LogP contribution in [0.3, 0.4) is 0 Å². The highest BCUT2D eigenvalue weighted by atomic mass is 32.2. The smallest absolute Gasteiger partial charge is 0.485 e. The van der Waals surface area contributed by atoms with Gasteiger partial charge in [-0.2, -0.15) is 0 Å². The molecule has 1 aliphatic heterocycles. The summed E-state index contributed by atoms with van der Waals surface area (Å²) in [6.07, 6.45) is -3.56. The summed E-state index contributed by atoms with van der Waals surface area (Å²) in [5.74, 6) is -1.28. The first-order valence-corrected chi connectivity index (χ1v) is 13.0. The zero-order chi connectivity index (χ0) is 28.9. The summed E-state index contributed by atoms with van der Waals surface area (Å²) in [5.41, 5.74) is 2.10. The van der Waals surface area contributed by atoms with Crippen LogP contribution in [0.4, 0.5) is 13.2 Å². The molecule has 1 aliphatic rings. The Morgan fingerprint density at radius 1 is 1.07 bits per heavy atom. The number of nitrogens with zero attached hydrogens (tertiary/aromatic N) is 1. The van der Waals surface area contributed by atoms with Gasteiger partial charge in [0.05, 0.1) is 4.91 Å². The second-order valence-corrected chi connectivity index (χ2v) is 10.2. The standard InChI is InChI=1S/C28H22F3NO6S2/c1-17(20-5-3-2-4-6-20)37-23-13-19(14-24-26(35)32(15-25(33)34)27(39)40-24)9-12-22(23)36-16-18-7-10-21(11-8-18)38-28(29,30)31/h2-14,17H,15-16H2,1H3,(H,33,34)/b24-14+/t17-/m0/s1. The third-order valence-corrected chi connectivity index (χ3v) is 6.93. The van der Waals surface area contributed by atoms with Gasteiger partial charge in [-0.1, -0.05) is 72.5 Å². The number of alkyl halides is 3. The summed E-state index contributed by atoms with van der Waals surface area (Å²) in [5, 5.41) is 9.06. The number of hydrogen-bond acceptors (Lipinski definition) is 7. The maximum Gasteiger partial charge on any atom is 0.573 e. The number of ether oxygens (including phenoxy) is 3. The molecule has 12 heteroatoms. The molecule has 3 aromatic carbocycles. The molecule has 1 heterocycles. The van der Waals surface area contributed by atoms with Gasteiger partial charge in [-0.05, 0) is 54.0 Å². The molecule has 0 aliphatic carbocycles. The zero-order valence-corrected chi connectivity index (χ0v) is 22.5. The van der Waals surface area contributed by atoms with E-state index in [2.05, 4.69) is 4.74 Å². The maximum absolute atomic E-state index is 12.7. The SMILES string of the molecule is C[C@H](Oc1cc(/C=C2/SC(=S)N(CC(=O)O)C2=O)ccc1OCc1ccc(OC(F)(F)F)cc1)c1ccccc1. The van der Waals surface area contributed by atoms with E-state index in [1.807, 2.05) is 37.3 Å². The van der Waals surface area contributed by atoms with Crippen molar-refractivity contribution in [2.75, 3.05) is 6.54 Å². The number of thioether (sulfide) groups is 1. The van der Waals surface area contributed by atoms with E-state index in [-0.39, 0.29) is 27.7 Å². The molecular weight excluding hydrogens is 567 g/mol. The van der Waals surface area contributed by atoms with Crippen LogP contribution in [0, 0.1) is 0 Å². The molecule has 0 unspecified atom stereocenters. The highest BCUT2D eigenvalue weighted by molar-refractivity contribution is 8.26. The molecule has 4 rings (SSSR count). The fraction of sp³-hybridized carbons (Fsp3) is 0.179. The molecule has 0 saturated carbocycles. The predicted molar refractivity (Wildman–Crippen MR) is 147 cm³/mol. The van der Waals surface area contributed by atoms with Gasteiger partial charge in [-0.3, -0.25) is 14.5 Å². The lowest BCUT2D eigenvalue weighted by molar-refractivity contribution is -0.274. The Kier molecular flexibility index (Phi) is 9.00. The van der Waals surface area contributed by atoms with E-state index < -0.39 is 24.8 Å². The van der Waals surface area contributed by atoms with Gasteiger partial charge in [0.25, 0.3) is 5.91 Å². The lowest BCUT2D eigenvalue weighted by atomic mass is 10.1. The molecule has 7 nitrogen and oxygen atoms in total. The van der Waals surface area contributed by atoms with Crippen LogP contribution < -0.4 is 14.2 Å². The highest BCUT2D eigenvalue weighted by Gasteiger charge is 2.33. The molecule has 0 bridgehead atoms. The Hall–Kier alpha value is -4.03. The van der Waals surface area contributed by atoms with Gasteiger partial charge in [0.15, 0.2) is 11.5 Å². The van der Waals surface area contributed by atoms with Crippen LogP contribution in [0.1, 0.15) is 29.7 Å². The first-order chi connectivity index (χ1) is 19.0. The van der Waals surface area contributed by atoms with Gasteiger partial charge in [-0.15, -0.1) is 13.2 Å². The van der Waals surface area contributed by atoms with Gasteiger partial charge >= 0.3 is 12.3 Å². The Bertz CT molecular complexity index is 1430. The average molecular weight is 590 g/mol. The van der Waals surface area contributed by atoms with Gasteiger partial charge < -0.3 is 19.3 Å². The first kappa shape index (κ1) is 29.0. The number of amides is 1. The number of halogens is 3. The number of carboxylic acid groups (broad SMARTS) is 1. The van der Waals surface area contributed by atoms with E-state index >= 15 is 0 Å². The van der Waals surface area contributed by atoms with E-state index in [9.17, 15) is 22.8 Å². The topological polar surface area (TPSA) is 85.3 Å². The molecule has 40 heavy (non-hydrogen) atoms. The minimum Gasteiger partial charge on any atom is -0.485 e. The van der Waals surface area contributed by atoms with Crippen LogP contribution in [-0.4, -0.2) is 39.1 Å². The fourth-order valence-corrected chi connectivity index (χ4v) is 4.93. The van der Waals surface area contributed by atoms with Crippen LogP contribution >= 0.6 is 24.0 Å². The highest BCUT2D eigenvalue weighted by Crippen LogP contribution is 2.37. The summed E-state index contributed by atoms with van der Waals surface area (Å²) < 4.78 is 53.5. The zero-order valence-electron chi connectivity index (χ0n) is 20.9. The summed E-state index contributed by atoms with van der Waals surface area (Å²) in [4.78, 5) is 25.1. The van der Waals surface area contributed by atoms with Gasteiger partial charge in [0.2, 0.25) is 0 Å². The fourth-order valence-electron chi connectivity index (χ4n) is 3.68. The number of carbonyl (C=O) groups excluding carboxylic acids is 1. The monoisotopic (exact) mass is 589 g/mol. The first-order valence-electron chi connectivity index (χ1n) is 11.8. The molecule has 1 amide bonds. The Labute approximate surface area is 237 Å². The second kappa shape index (κ2) is 12.4. The number of aliphatic carboxylic acids is 1. The van der Waals surface area contributed by atoms with Crippen molar-refractivity contribution in [2.24, 2.45) is 0 Å². The van der Waals surface area contributed by atoms with E-state index in [0.717, 1.165) is 22.2 Å². The van der Waals surface area contributed by atoms with Crippen molar-refractivity contribution in [1.29, 1.82) is 0 Å². The number of benzene rings is 3. The van der Waals surface area contributed by atoms with Crippen molar-refractivity contribution in [3.05, 3.63) is 94.4 Å². The Morgan fingerprint density at radius 2 is 1.77 bits per heavy atom. The number of rotatable bonds is 10. The van der Waals surface area contributed by atoms with Crippen LogP contribution in [0.15, 0.2) is 77.7 Å². The van der Waals surface area contributed by atoms with Gasteiger partial charge in [0.1, 0.15) is 29.3 Å². The van der Waals surface area contributed by atoms with Crippen molar-refractivity contribution in [1.82, 2.24) is 4.90 Å². The molecule has 0 radical (unpaired) electrons. The summed E-state index contributed by atoms with van der Waals surface area (Å²) in [6, 6.07) is 19.8. The number of thiocarbonyl (C=S) groups is 1. The average Bonchev–Trinajstić information content (AvgIpc) is 3.15. The molecular formula is C28H22F3NO6S2. The van der Waals surface area contributed by atoms with E-state index in [1.165, 1.54) is 24.3 Å². The molecule has 1 saturated heterocycles. The van der Waals surface area contributed by atoms with Gasteiger partial charge in [0, 0.05) is 0 Å². The van der Waals surface area contributed by atoms with E-state index in [1.54, 1.807) is 24.3 Å². The molecule has 0 aromatic heterocycles. The molecule has 1 atom stereocenters. The Morgan fingerprint density at radius 3 is 2.42 bits per heavy atom. The summed E-state index contributed by atoms with van der Waals surface area (Å²) in [7, 11) is 0. The summed E-state index contributed by atoms with van der Waals surface area (Å²) in [6.45, 7) is 1.37. The van der Waals surface area contributed by atoms with Crippen LogP contribution in [-0.2, 0) is 16.2 Å². The van der Waals surface area contributed by atoms with Crippen molar-refractivity contribution in [3.8, 4) is 17.2 Å². The predicted octanol–water partition coefficient (Wildman–Crippen LogP) is 6.59. The second-order valence-electron chi connectivity index (χ2n) is 8.52. The van der Waals surface area contributed by atoms with Gasteiger partial charge in [-0.25, -0.2) is 0 Å². The molecule has 208 valence electrons. The molecule has 1 fully saturated rings. The Balaban J connectivity index is 1.56. The number of carboxylic acids is 1. The molecule has 3 aromatic rings. The lowest BCUT2D eigenvalue weighted by Gasteiger charge is -2.19. The van der Waals surface area contributed by atoms with Crippen molar-refractivity contribution in [2.45, 2.75) is 26.0 Å². The molecule has 0 spiro atoms. The van der Waals surface area contributed by atoms with Crippen molar-refractivity contribution >= 4 is 46.3 Å². The van der Waals surface area contributed by atoms with Crippen molar-refractivity contribution in [3.63, 3.8) is 0 Å². The van der Waals surface area contributed by atoms with Crippen LogP contribution in [0.5, 0.6) is 17.2 Å². The third kappa shape index (κ3) is 7.76. The van der Waals surface area contributed by atoms with E-state index in [0.29, 0.717) is 22.6 Å². The number of carbonyl (C=O) groups is 2. The minimum atomic E-state index is -4.78. The van der Waals surface area contributed by atoms with Crippen molar-refractivity contribution < 1.29 is 42.1 Å². The van der Waals surface area contributed by atoms with E-state index in [4.69, 9.17) is 26.8 Å². The lowest BCUT2D eigenvalue weighted by Crippen LogP contribution is -2.33. The third-order valence-electron chi connectivity index (χ3n) is 5.56. The number of hydrogen-bond donors (Lipinski definition) is 1. The normalized spacial score (nSPS) is 15.3. The maximum atomic E-state index is 12.7. The minimum absolute atomic E-state index is 0.0373. The molecule has 1 N–H and O–H groups in total. The summed E-state index contributed by atoms with van der Waals surface area (Å²) >= 11 is 6.16. The quantitative estimate of drug-likeness (QED) is 0.210.